The number of carbonyl (C=O) groups is 1. The van der Waals surface area contributed by atoms with Crippen LogP contribution in [0.4, 0.5) is 0 Å². The van der Waals surface area contributed by atoms with E-state index in [4.69, 9.17) is 4.52 Å². The molecule has 0 fully saturated rings. The van der Waals surface area contributed by atoms with Crippen LogP contribution in [0.25, 0.3) is 0 Å². The summed E-state index contributed by atoms with van der Waals surface area (Å²) in [5, 5.41) is 14.1. The Labute approximate surface area is 144 Å². The number of nitrogens with zero attached hydrogens (tertiary/aromatic N) is 3. The van der Waals surface area contributed by atoms with Gasteiger partial charge in [-0.15, -0.1) is 0 Å². The second-order valence-electron chi connectivity index (χ2n) is 6.24. The number of aromatic amines is 1. The van der Waals surface area contributed by atoms with E-state index in [1.165, 1.54) is 0 Å². The van der Waals surface area contributed by atoms with Gasteiger partial charge in [0.2, 0.25) is 0 Å². The molecule has 128 valence electrons. The van der Waals surface area contributed by atoms with Crippen LogP contribution in [0.3, 0.4) is 0 Å². The zero-order valence-electron chi connectivity index (χ0n) is 14.0. The number of benzene rings is 1. The number of amides is 1. The molecule has 2 aromatic heterocycles. The topological polar surface area (TPSA) is 96.7 Å². The van der Waals surface area contributed by atoms with E-state index < -0.39 is 6.04 Å². The SMILES string of the molecule is Cc1nc([C@H](NC(=O)c2noc3c2CCCC3)c2ccccc2)n[nH]1. The van der Waals surface area contributed by atoms with Crippen molar-refractivity contribution in [3.63, 3.8) is 0 Å². The van der Waals surface area contributed by atoms with E-state index in [-0.39, 0.29) is 5.91 Å². The first-order valence-electron chi connectivity index (χ1n) is 8.44. The molecule has 0 bridgehead atoms. The van der Waals surface area contributed by atoms with Crippen molar-refractivity contribution < 1.29 is 9.32 Å². The van der Waals surface area contributed by atoms with Crippen LogP contribution in [0, 0.1) is 6.92 Å². The Balaban J connectivity index is 1.65. The van der Waals surface area contributed by atoms with Gasteiger partial charge in [-0.25, -0.2) is 4.98 Å². The molecule has 2 N–H and O–H groups in total. The first-order chi connectivity index (χ1) is 12.2. The number of hydrogen-bond acceptors (Lipinski definition) is 5. The molecule has 0 unspecified atom stereocenters. The highest BCUT2D eigenvalue weighted by Crippen LogP contribution is 2.25. The maximum Gasteiger partial charge on any atom is 0.274 e. The third-order valence-electron chi connectivity index (χ3n) is 4.45. The van der Waals surface area contributed by atoms with Crippen LogP contribution in [0.15, 0.2) is 34.9 Å². The largest absolute Gasteiger partial charge is 0.360 e. The average molecular weight is 337 g/mol. The van der Waals surface area contributed by atoms with Gasteiger partial charge in [0.15, 0.2) is 11.5 Å². The fourth-order valence-electron chi connectivity index (χ4n) is 3.19. The van der Waals surface area contributed by atoms with Gasteiger partial charge in [-0.3, -0.25) is 9.89 Å². The molecule has 4 rings (SSSR count). The first-order valence-corrected chi connectivity index (χ1v) is 8.44. The zero-order chi connectivity index (χ0) is 17.2. The maximum absolute atomic E-state index is 12.8. The fourth-order valence-corrected chi connectivity index (χ4v) is 3.19. The molecule has 25 heavy (non-hydrogen) atoms. The Morgan fingerprint density at radius 3 is 2.80 bits per heavy atom. The van der Waals surface area contributed by atoms with Crippen molar-refractivity contribution in [1.82, 2.24) is 25.7 Å². The number of H-pyrrole nitrogens is 1. The molecule has 1 amide bonds. The first kappa shape index (κ1) is 15.6. The van der Waals surface area contributed by atoms with Crippen LogP contribution >= 0.6 is 0 Å². The summed E-state index contributed by atoms with van der Waals surface area (Å²) in [4.78, 5) is 17.2. The van der Waals surface area contributed by atoms with Crippen LogP contribution in [0.2, 0.25) is 0 Å². The van der Waals surface area contributed by atoms with E-state index in [1.54, 1.807) is 0 Å². The molecule has 1 atom stereocenters. The van der Waals surface area contributed by atoms with E-state index in [0.717, 1.165) is 42.6 Å². The number of nitrogens with one attached hydrogen (secondary N) is 2. The van der Waals surface area contributed by atoms with E-state index in [0.29, 0.717) is 17.3 Å². The molecular formula is C18H19N5O2. The molecule has 0 radical (unpaired) electrons. The molecule has 1 aromatic carbocycles. The molecule has 3 aromatic rings. The monoisotopic (exact) mass is 337 g/mol. The van der Waals surface area contributed by atoms with Crippen LogP contribution in [-0.4, -0.2) is 26.2 Å². The molecule has 0 saturated carbocycles. The second-order valence-corrected chi connectivity index (χ2v) is 6.24. The Kier molecular flexibility index (Phi) is 4.05. The maximum atomic E-state index is 12.8. The minimum absolute atomic E-state index is 0.261. The van der Waals surface area contributed by atoms with Crippen molar-refractivity contribution in [2.75, 3.05) is 0 Å². The minimum Gasteiger partial charge on any atom is -0.360 e. The highest BCUT2D eigenvalue weighted by molar-refractivity contribution is 5.94. The lowest BCUT2D eigenvalue weighted by Crippen LogP contribution is -2.31. The lowest BCUT2D eigenvalue weighted by molar-refractivity contribution is 0.0931. The summed E-state index contributed by atoms with van der Waals surface area (Å²) >= 11 is 0. The smallest absolute Gasteiger partial charge is 0.274 e. The van der Waals surface area contributed by atoms with Gasteiger partial charge in [0.05, 0.1) is 0 Å². The van der Waals surface area contributed by atoms with Gasteiger partial charge in [-0.1, -0.05) is 35.5 Å². The van der Waals surface area contributed by atoms with Gasteiger partial charge >= 0.3 is 0 Å². The van der Waals surface area contributed by atoms with Crippen molar-refractivity contribution >= 4 is 5.91 Å². The van der Waals surface area contributed by atoms with E-state index in [1.807, 2.05) is 37.3 Å². The third-order valence-corrected chi connectivity index (χ3v) is 4.45. The Hall–Kier alpha value is -2.96. The molecule has 7 heteroatoms. The van der Waals surface area contributed by atoms with Crippen LogP contribution in [0.1, 0.15) is 57.9 Å². The Bertz CT molecular complexity index is 884. The predicted molar refractivity (Wildman–Crippen MR) is 90.0 cm³/mol. The van der Waals surface area contributed by atoms with E-state index in [9.17, 15) is 4.79 Å². The van der Waals surface area contributed by atoms with E-state index >= 15 is 0 Å². The summed E-state index contributed by atoms with van der Waals surface area (Å²) in [6.45, 7) is 1.83. The quantitative estimate of drug-likeness (QED) is 0.762. The van der Waals surface area contributed by atoms with Gasteiger partial charge < -0.3 is 9.84 Å². The van der Waals surface area contributed by atoms with Crippen LogP contribution < -0.4 is 5.32 Å². The molecule has 2 heterocycles. The summed E-state index contributed by atoms with van der Waals surface area (Å²) in [7, 11) is 0. The molecule has 7 nitrogen and oxygen atoms in total. The highest BCUT2D eigenvalue weighted by atomic mass is 16.5. The number of fused-ring (bicyclic) bond motifs is 1. The van der Waals surface area contributed by atoms with Gasteiger partial charge in [0.25, 0.3) is 5.91 Å². The van der Waals surface area contributed by atoms with Gasteiger partial charge in [-0.05, 0) is 31.7 Å². The fraction of sp³-hybridized carbons (Fsp3) is 0.333. The predicted octanol–water partition coefficient (Wildman–Crippen LogP) is 2.50. The number of rotatable bonds is 4. The molecule has 1 aliphatic carbocycles. The van der Waals surface area contributed by atoms with Gasteiger partial charge in [0, 0.05) is 12.0 Å². The molecule has 0 aliphatic heterocycles. The number of carbonyl (C=O) groups excluding carboxylic acids is 1. The second kappa shape index (κ2) is 6.51. The third kappa shape index (κ3) is 3.05. The summed E-state index contributed by atoms with van der Waals surface area (Å²) < 4.78 is 5.36. The summed E-state index contributed by atoms with van der Waals surface area (Å²) in [5.41, 5.74) is 2.22. The number of aryl methyl sites for hydroxylation is 2. The van der Waals surface area contributed by atoms with Crippen LogP contribution in [0.5, 0.6) is 0 Å². The summed E-state index contributed by atoms with van der Waals surface area (Å²) in [5.74, 6) is 1.79. The Morgan fingerprint density at radius 1 is 1.24 bits per heavy atom. The van der Waals surface area contributed by atoms with E-state index in [2.05, 4.69) is 25.7 Å². The van der Waals surface area contributed by atoms with Crippen LogP contribution in [-0.2, 0) is 12.8 Å². The van der Waals surface area contributed by atoms with Gasteiger partial charge in [-0.2, -0.15) is 5.10 Å². The van der Waals surface area contributed by atoms with Crippen molar-refractivity contribution in [2.45, 2.75) is 38.6 Å². The summed E-state index contributed by atoms with van der Waals surface area (Å²) in [6, 6.07) is 9.20. The minimum atomic E-state index is -0.449. The average Bonchev–Trinajstić information content (AvgIpc) is 3.26. The van der Waals surface area contributed by atoms with Crippen molar-refractivity contribution in [3.05, 3.63) is 64.6 Å². The lowest BCUT2D eigenvalue weighted by atomic mass is 9.96. The zero-order valence-corrected chi connectivity index (χ0v) is 14.0. The number of hydrogen-bond donors (Lipinski definition) is 2. The summed E-state index contributed by atoms with van der Waals surface area (Å²) in [6.07, 6.45) is 3.80. The van der Waals surface area contributed by atoms with Crippen molar-refractivity contribution in [3.8, 4) is 0 Å². The standard InChI is InChI=1S/C18H19N5O2/c1-11-19-17(22-21-11)15(12-7-3-2-4-8-12)20-18(24)16-13-9-5-6-10-14(13)25-23-16/h2-4,7-8,15H,5-6,9-10H2,1H3,(H,20,24)(H,19,21,22)/t15-/m1/s1. The molecule has 0 spiro atoms. The molecule has 1 aliphatic rings. The normalized spacial score (nSPS) is 14.8. The lowest BCUT2D eigenvalue weighted by Gasteiger charge is -2.16. The highest BCUT2D eigenvalue weighted by Gasteiger charge is 2.27. The van der Waals surface area contributed by atoms with Crippen molar-refractivity contribution in [1.29, 1.82) is 0 Å². The molecule has 0 saturated heterocycles. The van der Waals surface area contributed by atoms with Crippen molar-refractivity contribution in [2.24, 2.45) is 0 Å². The van der Waals surface area contributed by atoms with Gasteiger partial charge in [0.1, 0.15) is 17.6 Å². The number of aromatic nitrogens is 4. The molecular weight excluding hydrogens is 318 g/mol. The Morgan fingerprint density at radius 2 is 2.04 bits per heavy atom.